The standard InChI is InChI=1S/C17H29N5O/c1-14-11-20(13-17-18-5-8-19(17)3)12-16(14)22-7-4-6-21(9-10-22)15(2)23/h5,8,14,16H,4,6-7,9-13H2,1-3H3. The minimum Gasteiger partial charge on any atom is -0.342 e. The van der Waals surface area contributed by atoms with Crippen LogP contribution in [0.3, 0.4) is 0 Å². The number of aromatic nitrogens is 2. The minimum atomic E-state index is 0.211. The van der Waals surface area contributed by atoms with Crippen LogP contribution in [-0.4, -0.2) is 75.5 Å². The lowest BCUT2D eigenvalue weighted by Crippen LogP contribution is -2.43. The summed E-state index contributed by atoms with van der Waals surface area (Å²) in [6.07, 6.45) is 4.97. The van der Waals surface area contributed by atoms with Gasteiger partial charge < -0.3 is 9.47 Å². The molecule has 3 rings (SSSR count). The van der Waals surface area contributed by atoms with Crippen molar-refractivity contribution in [3.05, 3.63) is 18.2 Å². The number of hydrogen-bond donors (Lipinski definition) is 0. The fraction of sp³-hybridized carbons (Fsp3) is 0.765. The van der Waals surface area contributed by atoms with Crippen LogP contribution in [0.1, 0.15) is 26.1 Å². The molecule has 2 saturated heterocycles. The van der Waals surface area contributed by atoms with E-state index in [1.165, 1.54) is 0 Å². The molecule has 1 amide bonds. The van der Waals surface area contributed by atoms with Crippen LogP contribution in [0.4, 0.5) is 0 Å². The third-order valence-electron chi connectivity index (χ3n) is 5.38. The summed E-state index contributed by atoms with van der Waals surface area (Å²) in [4.78, 5) is 23.2. The average Bonchev–Trinajstić information content (AvgIpc) is 2.97. The van der Waals surface area contributed by atoms with E-state index in [4.69, 9.17) is 0 Å². The van der Waals surface area contributed by atoms with Crippen LogP contribution in [0.2, 0.25) is 0 Å². The highest BCUT2D eigenvalue weighted by Gasteiger charge is 2.34. The van der Waals surface area contributed by atoms with Gasteiger partial charge in [-0.05, 0) is 12.3 Å². The van der Waals surface area contributed by atoms with Gasteiger partial charge in [0.1, 0.15) is 5.82 Å². The molecule has 6 nitrogen and oxygen atoms in total. The van der Waals surface area contributed by atoms with E-state index in [1.807, 2.05) is 17.3 Å². The highest BCUT2D eigenvalue weighted by atomic mass is 16.2. The monoisotopic (exact) mass is 319 g/mol. The van der Waals surface area contributed by atoms with Gasteiger partial charge in [-0.2, -0.15) is 0 Å². The molecule has 0 aliphatic carbocycles. The second-order valence-electron chi connectivity index (χ2n) is 7.09. The maximum atomic E-state index is 11.6. The lowest BCUT2D eigenvalue weighted by atomic mass is 10.0. The number of nitrogens with zero attached hydrogens (tertiary/aromatic N) is 5. The molecule has 0 bridgehead atoms. The molecule has 1 aromatic heterocycles. The minimum absolute atomic E-state index is 0.211. The lowest BCUT2D eigenvalue weighted by Gasteiger charge is -2.30. The maximum absolute atomic E-state index is 11.6. The summed E-state index contributed by atoms with van der Waals surface area (Å²) in [6.45, 7) is 11.1. The van der Waals surface area contributed by atoms with Crippen molar-refractivity contribution >= 4 is 5.91 Å². The zero-order valence-electron chi connectivity index (χ0n) is 14.6. The van der Waals surface area contributed by atoms with Crippen molar-refractivity contribution in [3.8, 4) is 0 Å². The second kappa shape index (κ2) is 7.01. The SMILES string of the molecule is CC(=O)N1CCCN(C2CN(Cc3nccn3C)CC2C)CC1. The molecule has 128 valence electrons. The lowest BCUT2D eigenvalue weighted by molar-refractivity contribution is -0.128. The normalized spacial score (nSPS) is 27.3. The van der Waals surface area contributed by atoms with Crippen LogP contribution in [0.15, 0.2) is 12.4 Å². The van der Waals surface area contributed by atoms with Gasteiger partial charge in [-0.1, -0.05) is 6.92 Å². The molecule has 23 heavy (non-hydrogen) atoms. The smallest absolute Gasteiger partial charge is 0.219 e. The van der Waals surface area contributed by atoms with Gasteiger partial charge in [0.15, 0.2) is 0 Å². The van der Waals surface area contributed by atoms with Gasteiger partial charge in [0.05, 0.1) is 6.54 Å². The number of amides is 1. The van der Waals surface area contributed by atoms with Crippen LogP contribution >= 0.6 is 0 Å². The van der Waals surface area contributed by atoms with Crippen molar-refractivity contribution in [2.24, 2.45) is 13.0 Å². The molecule has 2 aliphatic heterocycles. The molecule has 0 saturated carbocycles. The van der Waals surface area contributed by atoms with Gasteiger partial charge in [-0.3, -0.25) is 14.6 Å². The summed E-state index contributed by atoms with van der Waals surface area (Å²) < 4.78 is 2.11. The molecule has 0 spiro atoms. The Hall–Kier alpha value is -1.40. The number of carbonyl (C=O) groups is 1. The highest BCUT2D eigenvalue weighted by molar-refractivity contribution is 5.73. The van der Waals surface area contributed by atoms with Gasteiger partial charge in [-0.25, -0.2) is 4.98 Å². The van der Waals surface area contributed by atoms with E-state index >= 15 is 0 Å². The Bertz CT molecular complexity index is 543. The number of imidazole rings is 1. The maximum Gasteiger partial charge on any atom is 0.219 e. The highest BCUT2D eigenvalue weighted by Crippen LogP contribution is 2.24. The van der Waals surface area contributed by atoms with Crippen molar-refractivity contribution < 1.29 is 4.79 Å². The third-order valence-corrected chi connectivity index (χ3v) is 5.38. The molecule has 0 radical (unpaired) electrons. The fourth-order valence-corrected chi connectivity index (χ4v) is 3.99. The largest absolute Gasteiger partial charge is 0.342 e. The van der Waals surface area contributed by atoms with Crippen LogP contribution in [0, 0.1) is 5.92 Å². The Morgan fingerprint density at radius 3 is 2.78 bits per heavy atom. The number of hydrogen-bond acceptors (Lipinski definition) is 4. The zero-order valence-corrected chi connectivity index (χ0v) is 14.6. The van der Waals surface area contributed by atoms with Crippen LogP contribution in [0.25, 0.3) is 0 Å². The first-order chi connectivity index (χ1) is 11.0. The molecule has 2 unspecified atom stereocenters. The summed E-state index contributed by atoms with van der Waals surface area (Å²) >= 11 is 0. The quantitative estimate of drug-likeness (QED) is 0.826. The van der Waals surface area contributed by atoms with Crippen LogP contribution in [-0.2, 0) is 18.4 Å². The number of rotatable bonds is 3. The third kappa shape index (κ3) is 3.75. The first kappa shape index (κ1) is 16.5. The Morgan fingerprint density at radius 1 is 1.26 bits per heavy atom. The van der Waals surface area contributed by atoms with Crippen LogP contribution < -0.4 is 0 Å². The first-order valence-electron chi connectivity index (χ1n) is 8.72. The van der Waals surface area contributed by atoms with E-state index in [0.717, 1.165) is 58.1 Å². The number of likely N-dealkylation sites (tertiary alicyclic amines) is 1. The van der Waals surface area contributed by atoms with Gasteiger partial charge in [0.2, 0.25) is 5.91 Å². The zero-order chi connectivity index (χ0) is 16.4. The second-order valence-corrected chi connectivity index (χ2v) is 7.09. The molecular formula is C17H29N5O. The summed E-state index contributed by atoms with van der Waals surface area (Å²) in [5.74, 6) is 2.01. The fourth-order valence-electron chi connectivity index (χ4n) is 3.99. The molecule has 2 atom stereocenters. The summed E-state index contributed by atoms with van der Waals surface area (Å²) in [7, 11) is 2.06. The molecule has 0 aromatic carbocycles. The van der Waals surface area contributed by atoms with Crippen molar-refractivity contribution in [1.82, 2.24) is 24.3 Å². The van der Waals surface area contributed by atoms with Crippen LogP contribution in [0.5, 0.6) is 0 Å². The van der Waals surface area contributed by atoms with E-state index in [1.54, 1.807) is 6.92 Å². The molecule has 2 fully saturated rings. The summed E-state index contributed by atoms with van der Waals surface area (Å²) in [6, 6.07) is 0.599. The molecule has 2 aliphatic rings. The number of carbonyl (C=O) groups excluding carboxylic acids is 1. The predicted molar refractivity (Wildman–Crippen MR) is 89.9 cm³/mol. The number of aryl methyl sites for hydroxylation is 1. The Kier molecular flexibility index (Phi) is 5.02. The molecular weight excluding hydrogens is 290 g/mol. The van der Waals surface area contributed by atoms with E-state index in [0.29, 0.717) is 12.0 Å². The van der Waals surface area contributed by atoms with Crippen molar-refractivity contribution in [2.75, 3.05) is 39.3 Å². The molecule has 6 heteroatoms. The van der Waals surface area contributed by atoms with E-state index in [-0.39, 0.29) is 5.91 Å². The van der Waals surface area contributed by atoms with E-state index in [9.17, 15) is 4.79 Å². The summed E-state index contributed by atoms with van der Waals surface area (Å²) in [5, 5.41) is 0. The average molecular weight is 319 g/mol. The Morgan fingerprint density at radius 2 is 2.09 bits per heavy atom. The van der Waals surface area contributed by atoms with Crippen molar-refractivity contribution in [3.63, 3.8) is 0 Å². The van der Waals surface area contributed by atoms with E-state index < -0.39 is 0 Å². The Balaban J connectivity index is 1.58. The van der Waals surface area contributed by atoms with Gasteiger partial charge in [-0.15, -0.1) is 0 Å². The summed E-state index contributed by atoms with van der Waals surface area (Å²) in [5.41, 5.74) is 0. The molecule has 3 heterocycles. The van der Waals surface area contributed by atoms with Crippen molar-refractivity contribution in [1.29, 1.82) is 0 Å². The molecule has 1 aromatic rings. The Labute approximate surface area is 139 Å². The van der Waals surface area contributed by atoms with Gasteiger partial charge in [0, 0.05) is 71.7 Å². The predicted octanol–water partition coefficient (Wildman–Crippen LogP) is 0.795. The van der Waals surface area contributed by atoms with Gasteiger partial charge in [0.25, 0.3) is 0 Å². The molecule has 0 N–H and O–H groups in total. The van der Waals surface area contributed by atoms with Gasteiger partial charge >= 0.3 is 0 Å². The topological polar surface area (TPSA) is 44.6 Å². The van der Waals surface area contributed by atoms with Crippen molar-refractivity contribution in [2.45, 2.75) is 32.9 Å². The van der Waals surface area contributed by atoms with E-state index in [2.05, 4.69) is 33.3 Å². The first-order valence-corrected chi connectivity index (χ1v) is 8.72.